The van der Waals surface area contributed by atoms with E-state index < -0.39 is 0 Å². The topological polar surface area (TPSA) is 59.7 Å². The first-order valence-corrected chi connectivity index (χ1v) is 6.63. The molecule has 2 rings (SSSR count). The molecule has 0 amide bonds. The molecule has 0 unspecified atom stereocenters. The average molecular weight is 281 g/mol. The van der Waals surface area contributed by atoms with Crippen molar-refractivity contribution in [3.05, 3.63) is 22.7 Å². The van der Waals surface area contributed by atoms with Crippen molar-refractivity contribution in [1.29, 1.82) is 0 Å². The van der Waals surface area contributed by atoms with Gasteiger partial charge in [-0.05, 0) is 45.4 Å². The monoisotopic (exact) mass is 280 g/mol. The van der Waals surface area contributed by atoms with Gasteiger partial charge in [0.05, 0.1) is 5.69 Å². The normalized spacial score (nSPS) is 10.8. The van der Waals surface area contributed by atoms with Crippen molar-refractivity contribution in [2.45, 2.75) is 27.7 Å². The maximum atomic E-state index is 5.99. The quantitative estimate of drug-likeness (QED) is 0.859. The highest BCUT2D eigenvalue weighted by Crippen LogP contribution is 2.14. The van der Waals surface area contributed by atoms with Gasteiger partial charge in [0.15, 0.2) is 0 Å². The second-order valence-corrected chi connectivity index (χ2v) is 4.55. The molecule has 0 saturated carbocycles. The summed E-state index contributed by atoms with van der Waals surface area (Å²) in [5.74, 6) is 1.03. The van der Waals surface area contributed by atoms with E-state index in [4.69, 9.17) is 11.6 Å². The molecule has 0 N–H and O–H groups in total. The number of anilines is 1. The Bertz CT molecular complexity index is 576. The van der Waals surface area contributed by atoms with E-state index in [1.54, 1.807) is 4.68 Å². The lowest BCUT2D eigenvalue weighted by Gasteiger charge is -2.18. The van der Waals surface area contributed by atoms with Crippen LogP contribution in [0.1, 0.15) is 25.2 Å². The first-order valence-electron chi connectivity index (χ1n) is 6.25. The van der Waals surface area contributed by atoms with E-state index >= 15 is 0 Å². The van der Waals surface area contributed by atoms with E-state index in [0.29, 0.717) is 11.9 Å². The number of aromatic nitrogens is 5. The third-order valence-electron chi connectivity index (χ3n) is 2.83. The lowest BCUT2D eigenvalue weighted by atomic mass is 10.4. The Balaban J connectivity index is 2.50. The minimum atomic E-state index is 0.180. The van der Waals surface area contributed by atoms with Crippen LogP contribution in [0.4, 0.5) is 5.95 Å². The van der Waals surface area contributed by atoms with Gasteiger partial charge in [0, 0.05) is 18.8 Å². The van der Waals surface area contributed by atoms with Crippen LogP contribution in [0, 0.1) is 13.8 Å². The van der Waals surface area contributed by atoms with Gasteiger partial charge in [-0.3, -0.25) is 0 Å². The van der Waals surface area contributed by atoms with Crippen LogP contribution in [0.2, 0.25) is 5.28 Å². The zero-order valence-corrected chi connectivity index (χ0v) is 12.3. The zero-order chi connectivity index (χ0) is 14.0. The van der Waals surface area contributed by atoms with Crippen molar-refractivity contribution in [3.8, 4) is 5.95 Å². The predicted molar refractivity (Wildman–Crippen MR) is 75.0 cm³/mol. The molecule has 2 heterocycles. The van der Waals surface area contributed by atoms with Crippen molar-refractivity contribution >= 4 is 17.5 Å². The Morgan fingerprint density at radius 1 is 1.16 bits per heavy atom. The number of rotatable bonds is 4. The molecule has 0 aliphatic rings. The summed E-state index contributed by atoms with van der Waals surface area (Å²) >= 11 is 5.99. The van der Waals surface area contributed by atoms with Crippen LogP contribution in [-0.4, -0.2) is 37.8 Å². The van der Waals surface area contributed by atoms with Crippen LogP contribution in [0.15, 0.2) is 6.07 Å². The predicted octanol–water partition coefficient (Wildman–Crippen LogP) is 2.17. The summed E-state index contributed by atoms with van der Waals surface area (Å²) in [5, 5.41) is 4.54. The van der Waals surface area contributed by atoms with Crippen LogP contribution in [0.3, 0.4) is 0 Å². The minimum absolute atomic E-state index is 0.180. The molecule has 0 bridgehead atoms. The van der Waals surface area contributed by atoms with Gasteiger partial charge >= 0.3 is 0 Å². The Morgan fingerprint density at radius 2 is 1.84 bits per heavy atom. The minimum Gasteiger partial charge on any atom is -0.341 e. The van der Waals surface area contributed by atoms with E-state index in [0.717, 1.165) is 24.5 Å². The molecular weight excluding hydrogens is 264 g/mol. The van der Waals surface area contributed by atoms with Gasteiger partial charge in [-0.25, -0.2) is 4.68 Å². The highest BCUT2D eigenvalue weighted by Gasteiger charge is 2.13. The molecule has 6 nitrogen and oxygen atoms in total. The van der Waals surface area contributed by atoms with E-state index in [1.807, 2.05) is 38.7 Å². The van der Waals surface area contributed by atoms with Crippen LogP contribution in [-0.2, 0) is 0 Å². The fourth-order valence-electron chi connectivity index (χ4n) is 1.90. The van der Waals surface area contributed by atoms with Crippen molar-refractivity contribution < 1.29 is 0 Å². The zero-order valence-electron chi connectivity index (χ0n) is 11.6. The molecule has 0 saturated heterocycles. The summed E-state index contributed by atoms with van der Waals surface area (Å²) in [4.78, 5) is 14.8. The van der Waals surface area contributed by atoms with Gasteiger partial charge < -0.3 is 4.90 Å². The lowest BCUT2D eigenvalue weighted by molar-refractivity contribution is 0.742. The molecule has 0 atom stereocenters. The van der Waals surface area contributed by atoms with Gasteiger partial charge in [0.25, 0.3) is 5.95 Å². The van der Waals surface area contributed by atoms with Crippen LogP contribution >= 0.6 is 11.6 Å². The highest BCUT2D eigenvalue weighted by molar-refractivity contribution is 6.28. The summed E-state index contributed by atoms with van der Waals surface area (Å²) in [6.07, 6.45) is 0. The van der Waals surface area contributed by atoms with Gasteiger partial charge in [-0.1, -0.05) is 0 Å². The summed E-state index contributed by atoms with van der Waals surface area (Å²) in [5.41, 5.74) is 1.88. The van der Waals surface area contributed by atoms with Crippen LogP contribution in [0.25, 0.3) is 5.95 Å². The molecule has 0 fully saturated rings. The van der Waals surface area contributed by atoms with Gasteiger partial charge in [0.2, 0.25) is 11.2 Å². The molecule has 0 radical (unpaired) electrons. The summed E-state index contributed by atoms with van der Waals surface area (Å²) in [6, 6.07) is 1.97. The molecule has 7 heteroatoms. The Hall–Kier alpha value is -1.69. The summed E-state index contributed by atoms with van der Waals surface area (Å²) < 4.78 is 1.68. The van der Waals surface area contributed by atoms with Crippen molar-refractivity contribution in [2.24, 2.45) is 0 Å². The second kappa shape index (κ2) is 5.52. The third kappa shape index (κ3) is 2.84. The maximum Gasteiger partial charge on any atom is 0.256 e. The number of halogens is 1. The molecule has 2 aromatic rings. The summed E-state index contributed by atoms with van der Waals surface area (Å²) in [7, 11) is 0. The first-order chi connectivity index (χ1) is 9.05. The lowest BCUT2D eigenvalue weighted by Crippen LogP contribution is -2.25. The molecule has 102 valence electrons. The number of aryl methyl sites for hydroxylation is 2. The SMILES string of the molecule is CCN(CC)c1nc(Cl)nc(-n2nc(C)cc2C)n1. The van der Waals surface area contributed by atoms with E-state index in [1.165, 1.54) is 0 Å². The van der Waals surface area contributed by atoms with E-state index in [9.17, 15) is 0 Å². The molecule has 0 spiro atoms. The fourth-order valence-corrected chi connectivity index (χ4v) is 2.05. The van der Waals surface area contributed by atoms with Gasteiger partial charge in [-0.2, -0.15) is 20.1 Å². The third-order valence-corrected chi connectivity index (χ3v) is 3.00. The Labute approximate surface area is 117 Å². The maximum absolute atomic E-state index is 5.99. The summed E-state index contributed by atoms with van der Waals surface area (Å²) in [6.45, 7) is 9.60. The van der Waals surface area contributed by atoms with Gasteiger partial charge in [-0.15, -0.1) is 0 Å². The average Bonchev–Trinajstić information content (AvgIpc) is 2.69. The Morgan fingerprint density at radius 3 is 2.37 bits per heavy atom. The van der Waals surface area contributed by atoms with Crippen molar-refractivity contribution in [1.82, 2.24) is 24.7 Å². The standard InChI is InChI=1S/C12H17ClN6/c1-5-18(6-2)11-14-10(13)15-12(16-11)19-9(4)7-8(3)17-19/h7H,5-6H2,1-4H3. The molecule has 2 aromatic heterocycles. The fraction of sp³-hybridized carbons (Fsp3) is 0.500. The molecular formula is C12H17ClN6. The van der Waals surface area contributed by atoms with Crippen LogP contribution in [0.5, 0.6) is 0 Å². The number of hydrogen-bond acceptors (Lipinski definition) is 5. The van der Waals surface area contributed by atoms with Crippen LogP contribution < -0.4 is 4.90 Å². The Kier molecular flexibility index (Phi) is 3.99. The number of nitrogens with zero attached hydrogens (tertiary/aromatic N) is 6. The largest absolute Gasteiger partial charge is 0.341 e. The smallest absolute Gasteiger partial charge is 0.256 e. The molecule has 0 aromatic carbocycles. The molecule has 19 heavy (non-hydrogen) atoms. The van der Waals surface area contributed by atoms with E-state index in [-0.39, 0.29) is 5.28 Å². The van der Waals surface area contributed by atoms with Crippen molar-refractivity contribution in [2.75, 3.05) is 18.0 Å². The van der Waals surface area contributed by atoms with Gasteiger partial charge in [0.1, 0.15) is 0 Å². The molecule has 0 aliphatic heterocycles. The van der Waals surface area contributed by atoms with E-state index in [2.05, 4.69) is 20.1 Å². The second-order valence-electron chi connectivity index (χ2n) is 4.22. The van der Waals surface area contributed by atoms with Crippen molar-refractivity contribution in [3.63, 3.8) is 0 Å². The highest BCUT2D eigenvalue weighted by atomic mass is 35.5. The first kappa shape index (κ1) is 13.7. The molecule has 0 aliphatic carbocycles. The number of hydrogen-bond donors (Lipinski definition) is 0.